The summed E-state index contributed by atoms with van der Waals surface area (Å²) < 4.78 is 19.9. The van der Waals surface area contributed by atoms with E-state index in [4.69, 9.17) is 26.3 Å². The number of ether oxygens (including phenoxy) is 1. The SMILES string of the molecule is C=C(F)C(=O)N1CC[C@@H]2[C@H]1CN2c1nc(OC[C@@H]2CCCN2C)nc2cc(-c3cccc4cccc(Cl)c34)ccc12. The van der Waals surface area contributed by atoms with Crippen LogP contribution in [-0.2, 0) is 4.79 Å². The molecule has 3 saturated heterocycles. The van der Waals surface area contributed by atoms with Gasteiger partial charge in [0.25, 0.3) is 5.91 Å². The minimum Gasteiger partial charge on any atom is -0.462 e. The van der Waals surface area contributed by atoms with Crippen LogP contribution in [0.1, 0.15) is 19.3 Å². The number of benzene rings is 3. The minimum absolute atomic E-state index is 0.0572. The first-order valence-electron chi connectivity index (χ1n) is 14.1. The summed E-state index contributed by atoms with van der Waals surface area (Å²) in [4.78, 5) is 28.2. The number of anilines is 1. The first-order chi connectivity index (χ1) is 19.9. The molecular formula is C32H31ClFN5O2. The Bertz CT molecular complexity index is 1690. The fraction of sp³-hybridized carbons (Fsp3) is 0.344. The summed E-state index contributed by atoms with van der Waals surface area (Å²) in [6.45, 7) is 5.86. The number of amides is 1. The number of nitrogens with zero attached hydrogens (tertiary/aromatic N) is 5. The van der Waals surface area contributed by atoms with Crippen molar-refractivity contribution in [2.45, 2.75) is 37.4 Å². The van der Waals surface area contributed by atoms with Crippen LogP contribution in [0.25, 0.3) is 32.8 Å². The Hall–Kier alpha value is -3.75. The van der Waals surface area contributed by atoms with Crippen molar-refractivity contribution in [1.82, 2.24) is 19.8 Å². The van der Waals surface area contributed by atoms with E-state index >= 15 is 0 Å². The predicted molar refractivity (Wildman–Crippen MR) is 160 cm³/mol. The predicted octanol–water partition coefficient (Wildman–Crippen LogP) is 5.85. The third-order valence-electron chi connectivity index (χ3n) is 8.96. The molecule has 0 bridgehead atoms. The molecule has 0 aliphatic carbocycles. The number of hydrogen-bond donors (Lipinski definition) is 0. The first-order valence-corrected chi connectivity index (χ1v) is 14.5. The van der Waals surface area contributed by atoms with Crippen LogP contribution in [0.15, 0.2) is 67.0 Å². The molecule has 1 aromatic heterocycles. The van der Waals surface area contributed by atoms with Crippen molar-refractivity contribution < 1.29 is 13.9 Å². The number of rotatable bonds is 6. The van der Waals surface area contributed by atoms with Crippen molar-refractivity contribution in [3.63, 3.8) is 0 Å². The van der Waals surface area contributed by atoms with E-state index in [0.717, 1.165) is 64.4 Å². The topological polar surface area (TPSA) is 61.8 Å². The summed E-state index contributed by atoms with van der Waals surface area (Å²) >= 11 is 6.66. The van der Waals surface area contributed by atoms with Crippen molar-refractivity contribution in [1.29, 1.82) is 0 Å². The van der Waals surface area contributed by atoms with Crippen molar-refractivity contribution in [2.24, 2.45) is 0 Å². The van der Waals surface area contributed by atoms with Crippen molar-refractivity contribution in [3.05, 3.63) is 72.0 Å². The molecule has 0 saturated carbocycles. The number of aromatic nitrogens is 2. The van der Waals surface area contributed by atoms with E-state index < -0.39 is 11.7 Å². The Kier molecular flexibility index (Phi) is 6.55. The summed E-state index contributed by atoms with van der Waals surface area (Å²) in [5, 5.41) is 3.69. The van der Waals surface area contributed by atoms with Crippen LogP contribution in [0.2, 0.25) is 5.02 Å². The lowest BCUT2D eigenvalue weighted by Gasteiger charge is -2.47. The van der Waals surface area contributed by atoms with Gasteiger partial charge in [0.15, 0.2) is 5.83 Å². The standard InChI is InChI=1S/C32H31ClFN5O2/c1-19(34)31(40)38-15-13-27-28(38)17-39(27)30-24-12-11-21(23-9-3-6-20-7-4-10-25(33)29(20)23)16-26(24)35-32(36-30)41-18-22-8-5-14-37(22)2/h3-4,6-7,9-12,16,22,27-28H,1,5,8,13-15,17-18H2,2H3/t22-,27+,28+/m0/s1. The van der Waals surface area contributed by atoms with Gasteiger partial charge in [-0.2, -0.15) is 9.97 Å². The third kappa shape index (κ3) is 4.50. The number of hydrogen-bond acceptors (Lipinski definition) is 6. The van der Waals surface area contributed by atoms with Gasteiger partial charge in [0.2, 0.25) is 0 Å². The van der Waals surface area contributed by atoms with E-state index in [1.165, 1.54) is 0 Å². The van der Waals surface area contributed by atoms with Gasteiger partial charge in [-0.1, -0.05) is 54.6 Å². The highest BCUT2D eigenvalue weighted by Crippen LogP contribution is 2.41. The zero-order valence-electron chi connectivity index (χ0n) is 22.9. The molecule has 4 aromatic rings. The summed E-state index contributed by atoms with van der Waals surface area (Å²) in [7, 11) is 2.12. The van der Waals surface area contributed by atoms with Gasteiger partial charge >= 0.3 is 6.01 Å². The van der Waals surface area contributed by atoms with Crippen LogP contribution in [0, 0.1) is 0 Å². The maximum absolute atomic E-state index is 13.6. The number of halogens is 2. The Morgan fingerprint density at radius 2 is 1.93 bits per heavy atom. The molecule has 7 rings (SSSR count). The maximum Gasteiger partial charge on any atom is 0.319 e. The van der Waals surface area contributed by atoms with Crippen molar-refractivity contribution in [2.75, 3.05) is 38.2 Å². The molecule has 3 fully saturated rings. The first kappa shape index (κ1) is 26.2. The molecule has 9 heteroatoms. The molecule has 0 N–H and O–H groups in total. The molecule has 3 aliphatic heterocycles. The Morgan fingerprint density at radius 1 is 1.10 bits per heavy atom. The monoisotopic (exact) mass is 571 g/mol. The van der Waals surface area contributed by atoms with E-state index in [9.17, 15) is 9.18 Å². The average molecular weight is 572 g/mol. The molecule has 3 atom stereocenters. The zero-order valence-corrected chi connectivity index (χ0v) is 23.6. The van der Waals surface area contributed by atoms with Crippen LogP contribution in [0.5, 0.6) is 6.01 Å². The molecule has 0 unspecified atom stereocenters. The number of fused-ring (bicyclic) bond motifs is 3. The van der Waals surface area contributed by atoms with Crippen LogP contribution in [-0.4, -0.2) is 77.1 Å². The molecule has 3 aromatic carbocycles. The molecule has 1 amide bonds. The lowest BCUT2D eigenvalue weighted by Crippen LogP contribution is -2.63. The number of likely N-dealkylation sites (N-methyl/N-ethyl adjacent to an activating group) is 1. The van der Waals surface area contributed by atoms with Gasteiger partial charge in [-0.3, -0.25) is 4.79 Å². The summed E-state index contributed by atoms with van der Waals surface area (Å²) in [5.41, 5.74) is 2.81. The molecular weight excluding hydrogens is 541 g/mol. The van der Waals surface area contributed by atoms with E-state index in [2.05, 4.69) is 59.8 Å². The molecule has 4 heterocycles. The van der Waals surface area contributed by atoms with Crippen LogP contribution in [0.4, 0.5) is 10.2 Å². The number of carbonyl (C=O) groups is 1. The second-order valence-corrected chi connectivity index (χ2v) is 11.7. The van der Waals surface area contributed by atoms with Gasteiger partial charge in [-0.05, 0) is 67.6 Å². The molecule has 210 valence electrons. The Labute approximate surface area is 243 Å². The largest absolute Gasteiger partial charge is 0.462 e. The Morgan fingerprint density at radius 3 is 2.71 bits per heavy atom. The Balaban J connectivity index is 1.28. The third-order valence-corrected chi connectivity index (χ3v) is 9.27. The second-order valence-electron chi connectivity index (χ2n) is 11.3. The molecule has 41 heavy (non-hydrogen) atoms. The molecule has 0 radical (unpaired) electrons. The summed E-state index contributed by atoms with van der Waals surface area (Å²) in [6.07, 6.45) is 2.98. The minimum atomic E-state index is -0.912. The summed E-state index contributed by atoms with van der Waals surface area (Å²) in [6, 6.07) is 19.0. The molecule has 7 nitrogen and oxygen atoms in total. The number of likely N-dealkylation sites (tertiary alicyclic amines) is 2. The van der Waals surface area contributed by atoms with Gasteiger partial charge in [0, 0.05) is 34.9 Å². The normalized spacial score (nSPS) is 22.3. The van der Waals surface area contributed by atoms with Gasteiger partial charge in [-0.25, -0.2) is 4.39 Å². The van der Waals surface area contributed by atoms with Gasteiger partial charge in [0.1, 0.15) is 12.4 Å². The highest BCUT2D eigenvalue weighted by molar-refractivity contribution is 6.36. The van der Waals surface area contributed by atoms with Crippen molar-refractivity contribution in [3.8, 4) is 17.1 Å². The quantitative estimate of drug-likeness (QED) is 0.271. The lowest BCUT2D eigenvalue weighted by molar-refractivity contribution is -0.130. The van der Waals surface area contributed by atoms with Crippen LogP contribution < -0.4 is 9.64 Å². The van der Waals surface area contributed by atoms with E-state index in [1.807, 2.05) is 18.2 Å². The highest BCUT2D eigenvalue weighted by atomic mass is 35.5. The number of carbonyl (C=O) groups excluding carboxylic acids is 1. The van der Waals surface area contributed by atoms with Crippen LogP contribution in [0.3, 0.4) is 0 Å². The van der Waals surface area contributed by atoms with E-state index in [1.54, 1.807) is 4.90 Å². The zero-order chi connectivity index (χ0) is 28.2. The second kappa shape index (κ2) is 10.3. The van der Waals surface area contributed by atoms with Gasteiger partial charge in [0.05, 0.1) is 17.6 Å². The molecule has 0 spiro atoms. The fourth-order valence-electron chi connectivity index (χ4n) is 6.71. The van der Waals surface area contributed by atoms with Crippen LogP contribution >= 0.6 is 11.6 Å². The van der Waals surface area contributed by atoms with Crippen molar-refractivity contribution >= 4 is 45.0 Å². The van der Waals surface area contributed by atoms with E-state index in [-0.39, 0.29) is 12.1 Å². The molecule has 3 aliphatic rings. The average Bonchev–Trinajstić information content (AvgIpc) is 3.52. The van der Waals surface area contributed by atoms with Gasteiger partial charge in [-0.15, -0.1) is 0 Å². The fourth-order valence-corrected chi connectivity index (χ4v) is 6.99. The smallest absolute Gasteiger partial charge is 0.319 e. The highest BCUT2D eigenvalue weighted by Gasteiger charge is 2.50. The lowest BCUT2D eigenvalue weighted by atomic mass is 9.95. The summed E-state index contributed by atoms with van der Waals surface area (Å²) in [5.74, 6) is -0.750. The maximum atomic E-state index is 13.6. The van der Waals surface area contributed by atoms with E-state index in [0.29, 0.717) is 36.8 Å². The van der Waals surface area contributed by atoms with Gasteiger partial charge < -0.3 is 19.4 Å².